The summed E-state index contributed by atoms with van der Waals surface area (Å²) in [4.78, 5) is 8.45. The lowest BCUT2D eigenvalue weighted by Gasteiger charge is -2.13. The molecule has 2 aromatic heterocycles. The number of rotatable bonds is 2. The SMILES string of the molecule is Cn1ncc2c(NC3CCCC3)nc(Cl)nc21. The van der Waals surface area contributed by atoms with Crippen molar-refractivity contribution in [3.05, 3.63) is 11.5 Å². The molecule has 0 saturated heterocycles. The zero-order valence-corrected chi connectivity index (χ0v) is 10.4. The Labute approximate surface area is 104 Å². The van der Waals surface area contributed by atoms with E-state index in [1.807, 2.05) is 7.05 Å². The maximum absolute atomic E-state index is 5.93. The van der Waals surface area contributed by atoms with Crippen molar-refractivity contribution in [1.82, 2.24) is 19.7 Å². The Balaban J connectivity index is 2.02. The van der Waals surface area contributed by atoms with Gasteiger partial charge in [0.2, 0.25) is 5.28 Å². The fourth-order valence-corrected chi connectivity index (χ4v) is 2.53. The third kappa shape index (κ3) is 1.95. The summed E-state index contributed by atoms with van der Waals surface area (Å²) in [6, 6.07) is 0.504. The molecular weight excluding hydrogens is 238 g/mol. The van der Waals surface area contributed by atoms with Gasteiger partial charge in [0.25, 0.3) is 0 Å². The standard InChI is InChI=1S/C11H14ClN5/c1-17-10-8(6-13-17)9(15-11(12)16-10)14-7-4-2-3-5-7/h6-7H,2-5H2,1H3,(H,14,15,16). The highest BCUT2D eigenvalue weighted by Crippen LogP contribution is 2.26. The molecule has 1 aliphatic carbocycles. The second-order valence-electron chi connectivity index (χ2n) is 4.47. The van der Waals surface area contributed by atoms with Gasteiger partial charge in [-0.3, -0.25) is 4.68 Å². The van der Waals surface area contributed by atoms with Crippen LogP contribution in [-0.2, 0) is 7.05 Å². The molecule has 3 rings (SSSR count). The fraction of sp³-hybridized carbons (Fsp3) is 0.545. The molecule has 0 amide bonds. The van der Waals surface area contributed by atoms with E-state index in [-0.39, 0.29) is 5.28 Å². The average Bonchev–Trinajstić information content (AvgIpc) is 2.90. The van der Waals surface area contributed by atoms with E-state index in [0.29, 0.717) is 6.04 Å². The molecule has 2 aromatic rings. The van der Waals surface area contributed by atoms with Crippen molar-refractivity contribution < 1.29 is 0 Å². The number of halogens is 1. The van der Waals surface area contributed by atoms with E-state index in [2.05, 4.69) is 20.4 Å². The molecule has 1 aliphatic rings. The summed E-state index contributed by atoms with van der Waals surface area (Å²) in [6.07, 6.45) is 6.75. The molecule has 0 aromatic carbocycles. The summed E-state index contributed by atoms with van der Waals surface area (Å²) in [5.74, 6) is 0.806. The van der Waals surface area contributed by atoms with Crippen molar-refractivity contribution >= 4 is 28.5 Å². The number of anilines is 1. The largest absolute Gasteiger partial charge is 0.367 e. The van der Waals surface area contributed by atoms with Gasteiger partial charge in [-0.1, -0.05) is 12.8 Å². The molecule has 1 N–H and O–H groups in total. The lowest BCUT2D eigenvalue weighted by Crippen LogP contribution is -2.16. The van der Waals surface area contributed by atoms with Crippen molar-refractivity contribution in [3.63, 3.8) is 0 Å². The third-order valence-corrected chi connectivity index (χ3v) is 3.43. The summed E-state index contributed by atoms with van der Waals surface area (Å²) in [5.41, 5.74) is 0.769. The highest BCUT2D eigenvalue weighted by atomic mass is 35.5. The van der Waals surface area contributed by atoms with Crippen molar-refractivity contribution in [2.45, 2.75) is 31.7 Å². The van der Waals surface area contributed by atoms with Crippen LogP contribution in [0.4, 0.5) is 5.82 Å². The first kappa shape index (κ1) is 10.8. The molecule has 0 atom stereocenters. The van der Waals surface area contributed by atoms with Crippen LogP contribution in [0, 0.1) is 0 Å². The Bertz CT molecular complexity index is 544. The van der Waals surface area contributed by atoms with Gasteiger partial charge in [0.05, 0.1) is 11.6 Å². The second-order valence-corrected chi connectivity index (χ2v) is 4.81. The maximum atomic E-state index is 5.93. The summed E-state index contributed by atoms with van der Waals surface area (Å²) in [7, 11) is 1.85. The first-order chi connectivity index (χ1) is 8.24. The number of hydrogen-bond donors (Lipinski definition) is 1. The average molecular weight is 252 g/mol. The fourth-order valence-electron chi connectivity index (χ4n) is 2.37. The quantitative estimate of drug-likeness (QED) is 0.833. The lowest BCUT2D eigenvalue weighted by atomic mass is 10.2. The maximum Gasteiger partial charge on any atom is 0.226 e. The molecule has 0 unspecified atom stereocenters. The van der Waals surface area contributed by atoms with Crippen molar-refractivity contribution in [2.24, 2.45) is 7.05 Å². The van der Waals surface area contributed by atoms with Crippen molar-refractivity contribution in [1.29, 1.82) is 0 Å². The highest BCUT2D eigenvalue weighted by molar-refractivity contribution is 6.28. The summed E-state index contributed by atoms with van der Waals surface area (Å²) < 4.78 is 1.71. The first-order valence-electron chi connectivity index (χ1n) is 5.86. The number of nitrogens with zero attached hydrogens (tertiary/aromatic N) is 4. The molecule has 0 spiro atoms. The number of aryl methyl sites for hydroxylation is 1. The van der Waals surface area contributed by atoms with Gasteiger partial charge in [-0.2, -0.15) is 15.1 Å². The molecule has 1 fully saturated rings. The van der Waals surface area contributed by atoms with E-state index >= 15 is 0 Å². The van der Waals surface area contributed by atoms with Crippen LogP contribution in [0.5, 0.6) is 0 Å². The zero-order chi connectivity index (χ0) is 11.8. The molecule has 0 bridgehead atoms. The Kier molecular flexibility index (Phi) is 2.63. The Morgan fingerprint density at radius 2 is 2.12 bits per heavy atom. The highest BCUT2D eigenvalue weighted by Gasteiger charge is 2.18. The number of hydrogen-bond acceptors (Lipinski definition) is 4. The summed E-state index contributed by atoms with van der Waals surface area (Å²) >= 11 is 5.93. The molecule has 0 radical (unpaired) electrons. The van der Waals surface area contributed by atoms with Crippen molar-refractivity contribution in [2.75, 3.05) is 5.32 Å². The third-order valence-electron chi connectivity index (χ3n) is 3.26. The minimum absolute atomic E-state index is 0.265. The molecule has 17 heavy (non-hydrogen) atoms. The molecule has 1 saturated carbocycles. The van der Waals surface area contributed by atoms with Crippen LogP contribution in [0.2, 0.25) is 5.28 Å². The van der Waals surface area contributed by atoms with Crippen LogP contribution < -0.4 is 5.32 Å². The van der Waals surface area contributed by atoms with Crippen LogP contribution in [0.3, 0.4) is 0 Å². The van der Waals surface area contributed by atoms with Gasteiger partial charge in [-0.05, 0) is 24.4 Å². The van der Waals surface area contributed by atoms with Gasteiger partial charge in [-0.25, -0.2) is 0 Å². The molecular formula is C11H14ClN5. The minimum atomic E-state index is 0.265. The summed E-state index contributed by atoms with van der Waals surface area (Å²) in [5, 5.41) is 8.84. The lowest BCUT2D eigenvalue weighted by molar-refractivity contribution is 0.751. The van der Waals surface area contributed by atoms with Crippen LogP contribution in [0.25, 0.3) is 11.0 Å². The van der Waals surface area contributed by atoms with Gasteiger partial charge in [0.1, 0.15) is 5.82 Å². The predicted molar refractivity (Wildman–Crippen MR) is 67.2 cm³/mol. The van der Waals surface area contributed by atoms with Crippen LogP contribution in [-0.4, -0.2) is 25.8 Å². The van der Waals surface area contributed by atoms with E-state index < -0.39 is 0 Å². The van der Waals surface area contributed by atoms with Gasteiger partial charge in [0.15, 0.2) is 5.65 Å². The van der Waals surface area contributed by atoms with Gasteiger partial charge in [0, 0.05) is 13.1 Å². The van der Waals surface area contributed by atoms with Crippen LogP contribution in [0.1, 0.15) is 25.7 Å². The molecule has 5 nitrogen and oxygen atoms in total. The number of fused-ring (bicyclic) bond motifs is 1. The van der Waals surface area contributed by atoms with Crippen molar-refractivity contribution in [3.8, 4) is 0 Å². The topological polar surface area (TPSA) is 55.6 Å². The van der Waals surface area contributed by atoms with Gasteiger partial charge < -0.3 is 5.32 Å². The van der Waals surface area contributed by atoms with E-state index in [4.69, 9.17) is 11.6 Å². The first-order valence-corrected chi connectivity index (χ1v) is 6.23. The van der Waals surface area contributed by atoms with E-state index in [9.17, 15) is 0 Å². The minimum Gasteiger partial charge on any atom is -0.367 e. The van der Waals surface area contributed by atoms with E-state index in [1.54, 1.807) is 10.9 Å². The zero-order valence-electron chi connectivity index (χ0n) is 9.65. The Morgan fingerprint density at radius 3 is 2.88 bits per heavy atom. The Morgan fingerprint density at radius 1 is 1.35 bits per heavy atom. The molecule has 6 heteroatoms. The second kappa shape index (κ2) is 4.14. The van der Waals surface area contributed by atoms with E-state index in [1.165, 1.54) is 25.7 Å². The monoisotopic (exact) mass is 251 g/mol. The number of nitrogens with one attached hydrogen (secondary N) is 1. The van der Waals surface area contributed by atoms with Crippen LogP contribution >= 0.6 is 11.6 Å². The Hall–Kier alpha value is -1.36. The van der Waals surface area contributed by atoms with E-state index in [0.717, 1.165) is 16.9 Å². The number of aromatic nitrogens is 4. The van der Waals surface area contributed by atoms with Gasteiger partial charge in [-0.15, -0.1) is 0 Å². The molecule has 90 valence electrons. The smallest absolute Gasteiger partial charge is 0.226 e. The molecule has 2 heterocycles. The summed E-state index contributed by atoms with van der Waals surface area (Å²) in [6.45, 7) is 0. The molecule has 0 aliphatic heterocycles. The normalized spacial score (nSPS) is 16.8. The van der Waals surface area contributed by atoms with Gasteiger partial charge >= 0.3 is 0 Å². The van der Waals surface area contributed by atoms with Crippen LogP contribution in [0.15, 0.2) is 6.20 Å². The predicted octanol–water partition coefficient (Wildman–Crippen LogP) is 2.37.